The molecule has 2 aromatic rings. The zero-order valence-electron chi connectivity index (χ0n) is 15.0. The summed E-state index contributed by atoms with van der Waals surface area (Å²) in [5, 5.41) is 0.622. The van der Waals surface area contributed by atoms with Gasteiger partial charge in [-0.1, -0.05) is 11.6 Å². The van der Waals surface area contributed by atoms with E-state index < -0.39 is 5.54 Å². The number of benzene rings is 1. The van der Waals surface area contributed by atoms with Crippen molar-refractivity contribution in [3.63, 3.8) is 0 Å². The van der Waals surface area contributed by atoms with E-state index in [4.69, 9.17) is 11.6 Å². The summed E-state index contributed by atoms with van der Waals surface area (Å²) in [5.41, 5.74) is 2.91. The van der Waals surface area contributed by atoms with E-state index in [1.165, 1.54) is 0 Å². The molecule has 0 N–H and O–H groups in total. The van der Waals surface area contributed by atoms with Crippen LogP contribution in [0.1, 0.15) is 48.2 Å². The number of pyridine rings is 1. The smallest absolute Gasteiger partial charge is 0.259 e. The van der Waals surface area contributed by atoms with E-state index in [0.29, 0.717) is 23.7 Å². The predicted molar refractivity (Wildman–Crippen MR) is 101 cm³/mol. The molecule has 0 spiro atoms. The minimum absolute atomic E-state index is 0.0420. The molecular weight excluding hydrogens is 350 g/mol. The molecule has 2 aliphatic heterocycles. The molecule has 0 atom stereocenters. The maximum Gasteiger partial charge on any atom is 0.259 e. The van der Waals surface area contributed by atoms with Crippen molar-refractivity contribution in [3.8, 4) is 0 Å². The Bertz CT molecular complexity index is 919. The minimum atomic E-state index is -0.511. The van der Waals surface area contributed by atoms with Crippen molar-refractivity contribution in [2.45, 2.75) is 32.2 Å². The fourth-order valence-electron chi connectivity index (χ4n) is 3.88. The Morgan fingerprint density at radius 3 is 2.65 bits per heavy atom. The Balaban J connectivity index is 1.67. The molecule has 1 aromatic carbocycles. The van der Waals surface area contributed by atoms with Crippen LogP contribution in [0.3, 0.4) is 0 Å². The fraction of sp³-hybridized carbons (Fsp3) is 0.350. The molecule has 0 radical (unpaired) electrons. The number of hydrogen-bond donors (Lipinski definition) is 0. The molecule has 3 heterocycles. The number of likely N-dealkylation sites (tertiary alicyclic amines) is 1. The number of nitrogens with zero attached hydrogens (tertiary/aromatic N) is 3. The first-order valence-electron chi connectivity index (χ1n) is 8.64. The molecule has 1 fully saturated rings. The van der Waals surface area contributed by atoms with E-state index in [0.717, 1.165) is 16.8 Å². The Kier molecular flexibility index (Phi) is 3.81. The van der Waals surface area contributed by atoms with E-state index in [-0.39, 0.29) is 17.7 Å². The van der Waals surface area contributed by atoms with Crippen LogP contribution < -0.4 is 4.90 Å². The van der Waals surface area contributed by atoms with Gasteiger partial charge >= 0.3 is 0 Å². The van der Waals surface area contributed by atoms with Crippen LogP contribution in [0.5, 0.6) is 0 Å². The number of halogens is 1. The van der Waals surface area contributed by atoms with Gasteiger partial charge in [-0.05, 0) is 49.2 Å². The Morgan fingerprint density at radius 2 is 1.96 bits per heavy atom. The largest absolute Gasteiger partial charge is 0.342 e. The van der Waals surface area contributed by atoms with Crippen molar-refractivity contribution >= 4 is 29.1 Å². The van der Waals surface area contributed by atoms with Gasteiger partial charge in [0.15, 0.2) is 0 Å². The molecule has 26 heavy (non-hydrogen) atoms. The molecule has 1 aromatic heterocycles. The second kappa shape index (κ2) is 5.81. The SMILES string of the molecule is CC(=O)N1CC(c2cncc(N3C(=O)c4ccc(Cl)cc4C3(C)C)c2)C1. The third kappa shape index (κ3) is 2.50. The lowest BCUT2D eigenvalue weighted by Crippen LogP contribution is -2.47. The van der Waals surface area contributed by atoms with Gasteiger partial charge in [0.25, 0.3) is 5.91 Å². The highest BCUT2D eigenvalue weighted by Gasteiger charge is 2.44. The molecule has 1 saturated heterocycles. The maximum atomic E-state index is 13.0. The third-order valence-corrected chi connectivity index (χ3v) is 5.67. The number of anilines is 1. The van der Waals surface area contributed by atoms with Crippen LogP contribution in [0.15, 0.2) is 36.7 Å². The number of carbonyl (C=O) groups excluding carboxylic acids is 2. The summed E-state index contributed by atoms with van der Waals surface area (Å²) < 4.78 is 0. The number of fused-ring (bicyclic) bond motifs is 1. The summed E-state index contributed by atoms with van der Waals surface area (Å²) >= 11 is 6.15. The van der Waals surface area contributed by atoms with Crippen LogP contribution in [-0.4, -0.2) is 34.8 Å². The van der Waals surface area contributed by atoms with Crippen molar-refractivity contribution in [1.82, 2.24) is 9.88 Å². The molecule has 0 bridgehead atoms. The average Bonchev–Trinajstić information content (AvgIpc) is 2.72. The number of carbonyl (C=O) groups is 2. The molecule has 4 rings (SSSR count). The van der Waals surface area contributed by atoms with Gasteiger partial charge in [0.1, 0.15) is 0 Å². The third-order valence-electron chi connectivity index (χ3n) is 5.43. The van der Waals surface area contributed by atoms with E-state index in [1.807, 2.05) is 32.2 Å². The number of hydrogen-bond acceptors (Lipinski definition) is 3. The van der Waals surface area contributed by atoms with Crippen molar-refractivity contribution < 1.29 is 9.59 Å². The van der Waals surface area contributed by atoms with Gasteiger partial charge in [-0.2, -0.15) is 0 Å². The highest BCUT2D eigenvalue weighted by molar-refractivity contribution is 6.31. The van der Waals surface area contributed by atoms with Crippen LogP contribution in [0.2, 0.25) is 5.02 Å². The monoisotopic (exact) mass is 369 g/mol. The van der Waals surface area contributed by atoms with Gasteiger partial charge in [-0.25, -0.2) is 0 Å². The number of amides is 2. The normalized spacial score (nSPS) is 18.7. The van der Waals surface area contributed by atoms with E-state index in [2.05, 4.69) is 4.98 Å². The Hall–Kier alpha value is -2.40. The first-order valence-corrected chi connectivity index (χ1v) is 9.02. The van der Waals surface area contributed by atoms with Crippen molar-refractivity contribution in [2.75, 3.05) is 18.0 Å². The molecule has 0 unspecified atom stereocenters. The maximum absolute atomic E-state index is 13.0. The Labute approximate surface area is 157 Å². The topological polar surface area (TPSA) is 53.5 Å². The quantitative estimate of drug-likeness (QED) is 0.813. The molecule has 0 aliphatic carbocycles. The average molecular weight is 370 g/mol. The van der Waals surface area contributed by atoms with E-state index in [9.17, 15) is 9.59 Å². The number of rotatable bonds is 2. The van der Waals surface area contributed by atoms with Gasteiger partial charge in [-0.3, -0.25) is 19.5 Å². The first kappa shape index (κ1) is 17.0. The summed E-state index contributed by atoms with van der Waals surface area (Å²) in [7, 11) is 0. The van der Waals surface area contributed by atoms with E-state index in [1.54, 1.807) is 35.1 Å². The van der Waals surface area contributed by atoms with Crippen molar-refractivity contribution in [1.29, 1.82) is 0 Å². The lowest BCUT2D eigenvalue weighted by Gasteiger charge is -2.39. The van der Waals surface area contributed by atoms with Gasteiger partial charge < -0.3 is 4.90 Å². The van der Waals surface area contributed by atoms with Crippen LogP contribution >= 0.6 is 11.6 Å². The summed E-state index contributed by atoms with van der Waals surface area (Å²) in [6.45, 7) is 7.01. The van der Waals surface area contributed by atoms with Crippen LogP contribution in [0.25, 0.3) is 0 Å². The molecule has 6 heteroatoms. The zero-order chi connectivity index (χ0) is 18.6. The Morgan fingerprint density at radius 1 is 1.23 bits per heavy atom. The molecule has 134 valence electrons. The number of aromatic nitrogens is 1. The molecule has 5 nitrogen and oxygen atoms in total. The molecule has 0 saturated carbocycles. The van der Waals surface area contributed by atoms with Crippen LogP contribution in [0, 0.1) is 0 Å². The minimum Gasteiger partial charge on any atom is -0.342 e. The molecule has 2 aliphatic rings. The van der Waals surface area contributed by atoms with Gasteiger partial charge in [-0.15, -0.1) is 0 Å². The summed E-state index contributed by atoms with van der Waals surface area (Å²) in [5.74, 6) is 0.317. The second-order valence-corrected chi connectivity index (χ2v) is 7.92. The fourth-order valence-corrected chi connectivity index (χ4v) is 4.05. The first-order chi connectivity index (χ1) is 12.3. The summed E-state index contributed by atoms with van der Waals surface area (Å²) in [4.78, 5) is 32.4. The van der Waals surface area contributed by atoms with Crippen LogP contribution in [-0.2, 0) is 10.3 Å². The highest BCUT2D eigenvalue weighted by atomic mass is 35.5. The zero-order valence-corrected chi connectivity index (χ0v) is 15.7. The lowest BCUT2D eigenvalue weighted by molar-refractivity contribution is -0.133. The van der Waals surface area contributed by atoms with Crippen molar-refractivity contribution in [2.24, 2.45) is 0 Å². The standard InChI is InChI=1S/C20H20ClN3O2/c1-12(25)23-10-14(11-23)13-6-16(9-22-8-13)24-19(26)17-5-4-15(21)7-18(17)20(24,2)3/h4-9,14H,10-11H2,1-3H3. The molecular formula is C20H20ClN3O2. The van der Waals surface area contributed by atoms with Crippen molar-refractivity contribution in [3.05, 3.63) is 58.4 Å². The van der Waals surface area contributed by atoms with Gasteiger partial charge in [0.2, 0.25) is 5.91 Å². The summed E-state index contributed by atoms with van der Waals surface area (Å²) in [6, 6.07) is 7.41. The van der Waals surface area contributed by atoms with Gasteiger partial charge in [0, 0.05) is 42.7 Å². The second-order valence-electron chi connectivity index (χ2n) is 7.49. The van der Waals surface area contributed by atoms with Gasteiger partial charge in [0.05, 0.1) is 17.4 Å². The summed E-state index contributed by atoms with van der Waals surface area (Å²) in [6.07, 6.45) is 3.54. The highest BCUT2D eigenvalue weighted by Crippen LogP contribution is 2.43. The van der Waals surface area contributed by atoms with E-state index >= 15 is 0 Å². The lowest BCUT2D eigenvalue weighted by atomic mass is 9.91. The van der Waals surface area contributed by atoms with Crippen LogP contribution in [0.4, 0.5) is 5.69 Å². The predicted octanol–water partition coefficient (Wildman–Crippen LogP) is 3.58. The molecule has 2 amide bonds.